The fraction of sp³-hybridized carbons (Fsp3) is 0.733. The Hall–Kier alpha value is -0.440. The van der Waals surface area contributed by atoms with Crippen molar-refractivity contribution >= 4 is 0 Å². The highest BCUT2D eigenvalue weighted by atomic mass is 14.1. The van der Waals surface area contributed by atoms with E-state index in [1.54, 1.807) is 0 Å². The second-order valence-corrected chi connectivity index (χ2v) is 4.43. The molecule has 0 nitrogen and oxygen atoms in total. The molecule has 0 aliphatic rings. The molecule has 0 saturated carbocycles. The van der Waals surface area contributed by atoms with E-state index in [-0.39, 0.29) is 0 Å². The summed E-state index contributed by atoms with van der Waals surface area (Å²) >= 11 is 0. The number of terminal acetylenes is 1. The van der Waals surface area contributed by atoms with Crippen molar-refractivity contribution in [2.45, 2.75) is 64.7 Å². The van der Waals surface area contributed by atoms with Crippen LogP contribution in [0.3, 0.4) is 0 Å². The predicted molar refractivity (Wildman–Crippen MR) is 69.2 cm³/mol. The van der Waals surface area contributed by atoms with Gasteiger partial charge in [0, 0.05) is 6.42 Å². The van der Waals surface area contributed by atoms with E-state index >= 15 is 0 Å². The summed E-state index contributed by atoms with van der Waals surface area (Å²) in [6.07, 6.45) is 18.6. The molecule has 0 rings (SSSR count). The Morgan fingerprint density at radius 1 is 1.27 bits per heavy atom. The maximum absolute atomic E-state index is 5.20. The monoisotopic (exact) mass is 206 g/mol. The minimum absolute atomic E-state index is 0.836. The molecule has 0 aromatic rings. The molecule has 0 aliphatic carbocycles. The lowest BCUT2D eigenvalue weighted by Crippen LogP contribution is -1.95. The summed E-state index contributed by atoms with van der Waals surface area (Å²) in [7, 11) is 0. The molecule has 86 valence electrons. The van der Waals surface area contributed by atoms with E-state index < -0.39 is 0 Å². The molecular formula is C15H26. The van der Waals surface area contributed by atoms with Crippen molar-refractivity contribution in [1.29, 1.82) is 0 Å². The first kappa shape index (κ1) is 14.6. The molecule has 1 unspecified atom stereocenters. The number of rotatable bonds is 10. The van der Waals surface area contributed by atoms with Gasteiger partial charge in [-0.25, -0.2) is 0 Å². The van der Waals surface area contributed by atoms with Gasteiger partial charge in [-0.2, -0.15) is 0 Å². The van der Waals surface area contributed by atoms with E-state index in [1.807, 2.05) is 0 Å². The van der Waals surface area contributed by atoms with Crippen molar-refractivity contribution in [2.24, 2.45) is 5.92 Å². The van der Waals surface area contributed by atoms with E-state index in [0.717, 1.165) is 25.2 Å². The zero-order chi connectivity index (χ0) is 11.4. The largest absolute Gasteiger partial charge is 0.120 e. The summed E-state index contributed by atoms with van der Waals surface area (Å²) < 4.78 is 0. The van der Waals surface area contributed by atoms with Gasteiger partial charge in [-0.3, -0.25) is 0 Å². The lowest BCUT2D eigenvalue weighted by atomic mass is 9.96. The average Bonchev–Trinajstić information content (AvgIpc) is 2.24. The first-order valence-corrected chi connectivity index (χ1v) is 6.35. The molecule has 0 fully saturated rings. The molecule has 0 bridgehead atoms. The fourth-order valence-electron chi connectivity index (χ4n) is 1.73. The smallest absolute Gasteiger partial charge is 0.00888 e. The zero-order valence-corrected chi connectivity index (χ0v) is 10.3. The minimum atomic E-state index is 0.836. The van der Waals surface area contributed by atoms with Crippen LogP contribution in [0.2, 0.25) is 0 Å². The molecule has 0 heteroatoms. The molecule has 15 heavy (non-hydrogen) atoms. The first-order valence-electron chi connectivity index (χ1n) is 6.35. The standard InChI is InChI=1S/C15H26/c1-4-6-8-10-12-14-15(3)13-11-9-7-5-2/h2,11,15H,1,4,6-10,12-14H2,3H3. The Kier molecular flexibility index (Phi) is 11.3. The van der Waals surface area contributed by atoms with Crippen LogP contribution in [0.5, 0.6) is 0 Å². The molecule has 0 spiro atoms. The van der Waals surface area contributed by atoms with Crippen LogP contribution in [0.1, 0.15) is 64.7 Å². The van der Waals surface area contributed by atoms with Crippen molar-refractivity contribution in [3.05, 3.63) is 13.3 Å². The van der Waals surface area contributed by atoms with Crippen molar-refractivity contribution in [2.75, 3.05) is 0 Å². The molecule has 0 aliphatic heterocycles. The van der Waals surface area contributed by atoms with Gasteiger partial charge in [-0.15, -0.1) is 12.3 Å². The Morgan fingerprint density at radius 3 is 2.67 bits per heavy atom. The second-order valence-electron chi connectivity index (χ2n) is 4.43. The number of hydrogen-bond acceptors (Lipinski definition) is 0. The average molecular weight is 206 g/mol. The number of unbranched alkanes of at least 4 members (excludes halogenated alkanes) is 6. The van der Waals surface area contributed by atoms with Crippen LogP contribution < -0.4 is 0 Å². The Bertz CT molecular complexity index is 152. The van der Waals surface area contributed by atoms with Crippen LogP contribution in [0.4, 0.5) is 0 Å². The second kappa shape index (κ2) is 11.6. The summed E-state index contributed by atoms with van der Waals surface area (Å²) in [6.45, 7) is 6.20. The van der Waals surface area contributed by atoms with Crippen LogP contribution in [-0.4, -0.2) is 0 Å². The third kappa shape index (κ3) is 11.5. The van der Waals surface area contributed by atoms with Gasteiger partial charge in [0.25, 0.3) is 0 Å². The molecule has 0 aromatic carbocycles. The van der Waals surface area contributed by atoms with Gasteiger partial charge in [0.15, 0.2) is 0 Å². The van der Waals surface area contributed by atoms with Crippen molar-refractivity contribution in [3.63, 3.8) is 0 Å². The Morgan fingerprint density at radius 2 is 2.00 bits per heavy atom. The van der Waals surface area contributed by atoms with E-state index in [1.165, 1.54) is 38.5 Å². The van der Waals surface area contributed by atoms with E-state index in [2.05, 4.69) is 26.2 Å². The summed E-state index contributed by atoms with van der Waals surface area (Å²) in [6, 6.07) is 0. The summed E-state index contributed by atoms with van der Waals surface area (Å²) in [4.78, 5) is 0. The fourth-order valence-corrected chi connectivity index (χ4v) is 1.73. The van der Waals surface area contributed by atoms with Gasteiger partial charge in [0.1, 0.15) is 0 Å². The first-order chi connectivity index (χ1) is 7.31. The van der Waals surface area contributed by atoms with Gasteiger partial charge in [0.05, 0.1) is 0 Å². The van der Waals surface area contributed by atoms with Crippen LogP contribution in [0.25, 0.3) is 0 Å². The normalized spacial score (nSPS) is 12.3. The minimum Gasteiger partial charge on any atom is -0.120 e. The van der Waals surface area contributed by atoms with E-state index in [9.17, 15) is 0 Å². The maximum Gasteiger partial charge on any atom is 0.00888 e. The topological polar surface area (TPSA) is 0 Å². The van der Waals surface area contributed by atoms with Crippen LogP contribution in [0.15, 0.2) is 0 Å². The third-order valence-electron chi connectivity index (χ3n) is 2.76. The molecular weight excluding hydrogens is 180 g/mol. The predicted octanol–water partition coefficient (Wildman–Crippen LogP) is 4.80. The third-order valence-corrected chi connectivity index (χ3v) is 2.76. The van der Waals surface area contributed by atoms with Crippen molar-refractivity contribution < 1.29 is 0 Å². The van der Waals surface area contributed by atoms with Crippen LogP contribution in [0, 0.1) is 31.6 Å². The number of hydrogen-bond donors (Lipinski definition) is 0. The molecule has 1 atom stereocenters. The van der Waals surface area contributed by atoms with Crippen LogP contribution >= 0.6 is 0 Å². The summed E-state index contributed by atoms with van der Waals surface area (Å²) in [5.41, 5.74) is 0. The highest BCUT2D eigenvalue weighted by Gasteiger charge is 2.01. The zero-order valence-electron chi connectivity index (χ0n) is 10.3. The Labute approximate surface area is 96.8 Å². The van der Waals surface area contributed by atoms with E-state index in [0.29, 0.717) is 0 Å². The maximum atomic E-state index is 5.20. The molecule has 0 N–H and O–H groups in total. The quantitative estimate of drug-likeness (QED) is 0.355. The molecule has 0 amide bonds. The summed E-state index contributed by atoms with van der Waals surface area (Å²) in [5.74, 6) is 3.51. The highest BCUT2D eigenvalue weighted by molar-refractivity contribution is 4.86. The van der Waals surface area contributed by atoms with E-state index in [4.69, 9.17) is 6.42 Å². The van der Waals surface area contributed by atoms with Crippen LogP contribution in [-0.2, 0) is 0 Å². The lowest BCUT2D eigenvalue weighted by Gasteiger charge is -2.09. The molecule has 0 heterocycles. The molecule has 2 radical (unpaired) electrons. The van der Waals surface area contributed by atoms with Gasteiger partial charge in [0.2, 0.25) is 0 Å². The van der Waals surface area contributed by atoms with Crippen molar-refractivity contribution in [3.8, 4) is 12.3 Å². The van der Waals surface area contributed by atoms with Gasteiger partial charge >= 0.3 is 0 Å². The summed E-state index contributed by atoms with van der Waals surface area (Å²) in [5, 5.41) is 0. The molecule has 0 saturated heterocycles. The highest BCUT2D eigenvalue weighted by Crippen LogP contribution is 2.16. The van der Waals surface area contributed by atoms with Gasteiger partial charge in [-0.05, 0) is 25.2 Å². The van der Waals surface area contributed by atoms with Crippen molar-refractivity contribution in [1.82, 2.24) is 0 Å². The van der Waals surface area contributed by atoms with Gasteiger partial charge < -0.3 is 0 Å². The SMILES string of the molecule is C#CCC[CH]CC(C)CCCCCC[CH2]. The Balaban J connectivity index is 3.12. The molecule has 0 aromatic heterocycles. The van der Waals surface area contributed by atoms with Gasteiger partial charge in [-0.1, -0.05) is 52.4 Å². The lowest BCUT2D eigenvalue weighted by molar-refractivity contribution is 0.476.